The molecule has 21 heavy (non-hydrogen) atoms. The zero-order valence-corrected chi connectivity index (χ0v) is 13.5. The monoisotopic (exact) mass is 313 g/mol. The van der Waals surface area contributed by atoms with Crippen LogP contribution < -0.4 is 15.2 Å². The molecule has 1 aliphatic rings. The van der Waals surface area contributed by atoms with E-state index in [1.54, 1.807) is 20.3 Å². The molecule has 1 aromatic carbocycles. The third-order valence-electron chi connectivity index (χ3n) is 3.98. The van der Waals surface area contributed by atoms with Crippen LogP contribution in [0.1, 0.15) is 43.7 Å². The summed E-state index contributed by atoms with van der Waals surface area (Å²) in [6.45, 7) is 0.872. The maximum absolute atomic E-state index is 6.31. The molecule has 0 bridgehead atoms. The molecule has 1 fully saturated rings. The first-order valence-electron chi connectivity index (χ1n) is 7.44. The summed E-state index contributed by atoms with van der Waals surface area (Å²) in [7, 11) is 3.20. The van der Waals surface area contributed by atoms with Crippen molar-refractivity contribution in [3.63, 3.8) is 0 Å². The highest BCUT2D eigenvalue weighted by Gasteiger charge is 2.19. The van der Waals surface area contributed by atoms with Gasteiger partial charge in [0.05, 0.1) is 20.3 Å². The molecule has 2 rings (SSSR count). The Bertz CT molecular complexity index is 461. The number of hydrogen-bond donors (Lipinski definition) is 1. The Morgan fingerprint density at radius 2 is 2.00 bits per heavy atom. The highest BCUT2D eigenvalue weighted by molar-refractivity contribution is 6.31. The van der Waals surface area contributed by atoms with Gasteiger partial charge >= 0.3 is 0 Å². The van der Waals surface area contributed by atoms with Gasteiger partial charge in [-0.1, -0.05) is 11.6 Å². The van der Waals surface area contributed by atoms with Crippen LogP contribution in [-0.4, -0.2) is 26.9 Å². The second-order valence-electron chi connectivity index (χ2n) is 5.40. The molecule has 2 N–H and O–H groups in total. The lowest BCUT2D eigenvalue weighted by molar-refractivity contribution is 0.00912. The number of benzene rings is 1. The predicted molar refractivity (Wildman–Crippen MR) is 84.3 cm³/mol. The van der Waals surface area contributed by atoms with Crippen molar-refractivity contribution >= 4 is 11.6 Å². The van der Waals surface area contributed by atoms with Crippen LogP contribution in [-0.2, 0) is 4.74 Å². The molecule has 0 radical (unpaired) electrons. The van der Waals surface area contributed by atoms with Crippen molar-refractivity contribution in [2.24, 2.45) is 5.73 Å². The average molecular weight is 314 g/mol. The second kappa shape index (κ2) is 7.87. The molecule has 1 saturated heterocycles. The van der Waals surface area contributed by atoms with Gasteiger partial charge in [-0.15, -0.1) is 0 Å². The van der Waals surface area contributed by atoms with E-state index in [-0.39, 0.29) is 6.04 Å². The number of rotatable bonds is 6. The Hall–Kier alpha value is -0.970. The molecule has 2 atom stereocenters. The van der Waals surface area contributed by atoms with Crippen LogP contribution in [0.5, 0.6) is 11.5 Å². The van der Waals surface area contributed by atoms with Gasteiger partial charge in [0, 0.05) is 23.7 Å². The van der Waals surface area contributed by atoms with Gasteiger partial charge in [-0.05, 0) is 43.7 Å². The van der Waals surface area contributed by atoms with Crippen LogP contribution in [0.25, 0.3) is 0 Å². The zero-order chi connectivity index (χ0) is 15.2. The third-order valence-corrected chi connectivity index (χ3v) is 4.30. The van der Waals surface area contributed by atoms with Crippen molar-refractivity contribution in [3.8, 4) is 11.5 Å². The SMILES string of the molecule is COc1cc(Cl)c(C(N)CCC2CCCCO2)cc1OC. The van der Waals surface area contributed by atoms with E-state index in [0.29, 0.717) is 22.6 Å². The summed E-state index contributed by atoms with van der Waals surface area (Å²) in [4.78, 5) is 0. The van der Waals surface area contributed by atoms with E-state index in [4.69, 9.17) is 31.5 Å². The Labute approximate surface area is 131 Å². The van der Waals surface area contributed by atoms with Gasteiger partial charge in [-0.2, -0.15) is 0 Å². The van der Waals surface area contributed by atoms with Crippen LogP contribution in [0.15, 0.2) is 12.1 Å². The molecule has 2 unspecified atom stereocenters. The first kappa shape index (κ1) is 16.4. The van der Waals surface area contributed by atoms with Crippen molar-refractivity contribution in [3.05, 3.63) is 22.7 Å². The van der Waals surface area contributed by atoms with Gasteiger partial charge < -0.3 is 19.9 Å². The maximum Gasteiger partial charge on any atom is 0.162 e. The van der Waals surface area contributed by atoms with E-state index < -0.39 is 0 Å². The van der Waals surface area contributed by atoms with E-state index in [0.717, 1.165) is 31.4 Å². The van der Waals surface area contributed by atoms with Gasteiger partial charge in [0.1, 0.15) is 0 Å². The Balaban J connectivity index is 2.02. The van der Waals surface area contributed by atoms with Gasteiger partial charge in [0.15, 0.2) is 11.5 Å². The number of halogens is 1. The molecular weight excluding hydrogens is 290 g/mol. The standard InChI is InChI=1S/C16H24ClNO3/c1-19-15-9-12(13(17)10-16(15)20-2)14(18)7-6-11-5-3-4-8-21-11/h9-11,14H,3-8,18H2,1-2H3. The van der Waals surface area contributed by atoms with Crippen molar-refractivity contribution in [1.29, 1.82) is 0 Å². The first-order chi connectivity index (χ1) is 10.2. The Kier molecular flexibility index (Phi) is 6.15. The normalized spacial score (nSPS) is 20.1. The van der Waals surface area contributed by atoms with Gasteiger partial charge in [0.2, 0.25) is 0 Å². The summed E-state index contributed by atoms with van der Waals surface area (Å²) in [5.74, 6) is 1.27. The topological polar surface area (TPSA) is 53.7 Å². The smallest absolute Gasteiger partial charge is 0.162 e. The van der Waals surface area contributed by atoms with Crippen molar-refractivity contribution in [2.75, 3.05) is 20.8 Å². The van der Waals surface area contributed by atoms with Crippen molar-refractivity contribution < 1.29 is 14.2 Å². The summed E-state index contributed by atoms with van der Waals surface area (Å²) < 4.78 is 16.3. The molecule has 0 saturated carbocycles. The molecule has 4 nitrogen and oxygen atoms in total. The molecule has 0 aliphatic carbocycles. The quantitative estimate of drug-likeness (QED) is 0.870. The maximum atomic E-state index is 6.31. The number of ether oxygens (including phenoxy) is 3. The number of nitrogens with two attached hydrogens (primary N) is 1. The first-order valence-corrected chi connectivity index (χ1v) is 7.82. The van der Waals surface area contributed by atoms with Gasteiger partial charge in [-0.25, -0.2) is 0 Å². The summed E-state index contributed by atoms with van der Waals surface area (Å²) in [6, 6.07) is 3.50. The van der Waals surface area contributed by atoms with Gasteiger partial charge in [-0.3, -0.25) is 0 Å². The predicted octanol–water partition coefficient (Wildman–Crippen LogP) is 3.71. The lowest BCUT2D eigenvalue weighted by atomic mass is 9.97. The summed E-state index contributed by atoms with van der Waals surface area (Å²) in [5.41, 5.74) is 7.19. The highest BCUT2D eigenvalue weighted by Crippen LogP contribution is 2.36. The van der Waals surface area contributed by atoms with E-state index in [1.165, 1.54) is 12.8 Å². The fraction of sp³-hybridized carbons (Fsp3) is 0.625. The van der Waals surface area contributed by atoms with Crippen LogP contribution in [0.2, 0.25) is 5.02 Å². The summed E-state index contributed by atoms with van der Waals surface area (Å²) in [5, 5.41) is 0.615. The lowest BCUT2D eigenvalue weighted by Crippen LogP contribution is -2.21. The van der Waals surface area contributed by atoms with E-state index in [1.807, 2.05) is 6.07 Å². The second-order valence-corrected chi connectivity index (χ2v) is 5.81. The van der Waals surface area contributed by atoms with Gasteiger partial charge in [0.25, 0.3) is 0 Å². The zero-order valence-electron chi connectivity index (χ0n) is 12.7. The molecule has 1 aliphatic heterocycles. The molecule has 118 valence electrons. The minimum Gasteiger partial charge on any atom is -0.493 e. The van der Waals surface area contributed by atoms with Crippen molar-refractivity contribution in [2.45, 2.75) is 44.2 Å². The minimum atomic E-state index is -0.122. The minimum absolute atomic E-state index is 0.122. The van der Waals surface area contributed by atoms with E-state index in [2.05, 4.69) is 0 Å². The van der Waals surface area contributed by atoms with E-state index in [9.17, 15) is 0 Å². The fourth-order valence-corrected chi connectivity index (χ4v) is 3.00. The molecule has 0 amide bonds. The summed E-state index contributed by atoms with van der Waals surface area (Å²) in [6.07, 6.45) is 5.70. The van der Waals surface area contributed by atoms with Crippen LogP contribution in [0.3, 0.4) is 0 Å². The van der Waals surface area contributed by atoms with E-state index >= 15 is 0 Å². The largest absolute Gasteiger partial charge is 0.493 e. The van der Waals surface area contributed by atoms with Crippen LogP contribution in [0.4, 0.5) is 0 Å². The van der Waals surface area contributed by atoms with Crippen LogP contribution >= 0.6 is 11.6 Å². The average Bonchev–Trinajstić information content (AvgIpc) is 2.53. The Morgan fingerprint density at radius 3 is 2.62 bits per heavy atom. The summed E-state index contributed by atoms with van der Waals surface area (Å²) >= 11 is 6.31. The third kappa shape index (κ3) is 4.25. The molecule has 0 aromatic heterocycles. The fourth-order valence-electron chi connectivity index (χ4n) is 2.71. The molecule has 5 heteroatoms. The Morgan fingerprint density at radius 1 is 1.29 bits per heavy atom. The molecule has 1 aromatic rings. The highest BCUT2D eigenvalue weighted by atomic mass is 35.5. The number of methoxy groups -OCH3 is 2. The molecule has 1 heterocycles. The van der Waals surface area contributed by atoms with Crippen LogP contribution in [0, 0.1) is 0 Å². The lowest BCUT2D eigenvalue weighted by Gasteiger charge is -2.24. The molecule has 0 spiro atoms. The molecular formula is C16H24ClNO3. The number of hydrogen-bond acceptors (Lipinski definition) is 4. The van der Waals surface area contributed by atoms with Crippen molar-refractivity contribution in [1.82, 2.24) is 0 Å².